The number of imidazole rings is 1. The number of nitrogens with zero attached hydrogens (tertiary/aromatic N) is 3. The van der Waals surface area contributed by atoms with Crippen LogP contribution in [-0.4, -0.2) is 14.5 Å². The van der Waals surface area contributed by atoms with Gasteiger partial charge < -0.3 is 9.30 Å². The average molecular weight is 318 g/mol. The van der Waals surface area contributed by atoms with Gasteiger partial charge in [0, 0.05) is 13.2 Å². The number of pyridine rings is 1. The van der Waals surface area contributed by atoms with Gasteiger partial charge in [-0.1, -0.05) is 6.07 Å². The van der Waals surface area contributed by atoms with Gasteiger partial charge in [0.15, 0.2) is 5.52 Å². The average Bonchev–Trinajstić information content (AvgIpc) is 2.76. The van der Waals surface area contributed by atoms with Crippen molar-refractivity contribution in [3.05, 3.63) is 46.8 Å². The molecule has 0 N–H and O–H groups in total. The number of aryl methyl sites for hydroxylation is 2. The minimum atomic E-state index is 0.516. The Morgan fingerprint density at radius 3 is 2.84 bits per heavy atom. The molecular weight excluding hydrogens is 306 g/mol. The Hall–Kier alpha value is -1.88. The summed E-state index contributed by atoms with van der Waals surface area (Å²) in [5, 5.41) is 0. The first-order valence-electron chi connectivity index (χ1n) is 5.85. The van der Waals surface area contributed by atoms with Gasteiger partial charge in [-0.05, 0) is 46.6 Å². The van der Waals surface area contributed by atoms with E-state index in [9.17, 15) is 0 Å². The van der Waals surface area contributed by atoms with E-state index < -0.39 is 0 Å². The molecule has 96 valence electrons. The second-order valence-corrected chi connectivity index (χ2v) is 5.23. The molecule has 0 aliphatic carbocycles. The summed E-state index contributed by atoms with van der Waals surface area (Å²) < 4.78 is 8.70. The van der Waals surface area contributed by atoms with Crippen LogP contribution in [0, 0.1) is 6.92 Å². The smallest absolute Gasteiger partial charge is 0.247 e. The van der Waals surface area contributed by atoms with E-state index in [0.717, 1.165) is 21.3 Å². The maximum Gasteiger partial charge on any atom is 0.247 e. The Labute approximate surface area is 119 Å². The Kier molecular flexibility index (Phi) is 2.98. The highest BCUT2D eigenvalue weighted by Gasteiger charge is 2.10. The lowest BCUT2D eigenvalue weighted by atomic mass is 10.2. The molecule has 0 unspecified atom stereocenters. The predicted octanol–water partition coefficient (Wildman–Crippen LogP) is 3.83. The summed E-state index contributed by atoms with van der Waals surface area (Å²) in [6.07, 6.45) is 3.48. The van der Waals surface area contributed by atoms with Crippen LogP contribution in [0.2, 0.25) is 0 Å². The van der Waals surface area contributed by atoms with E-state index in [-0.39, 0.29) is 0 Å². The summed E-state index contributed by atoms with van der Waals surface area (Å²) in [5.74, 6) is 1.25. The van der Waals surface area contributed by atoms with Gasteiger partial charge in [-0.15, -0.1) is 0 Å². The van der Waals surface area contributed by atoms with Crippen molar-refractivity contribution in [3.63, 3.8) is 0 Å². The van der Waals surface area contributed by atoms with Crippen molar-refractivity contribution >= 4 is 27.0 Å². The molecule has 0 amide bonds. The van der Waals surface area contributed by atoms with E-state index in [1.54, 1.807) is 12.5 Å². The fourth-order valence-electron chi connectivity index (χ4n) is 1.91. The second-order valence-electron chi connectivity index (χ2n) is 4.38. The zero-order valence-electron chi connectivity index (χ0n) is 10.6. The lowest BCUT2D eigenvalue weighted by molar-refractivity contribution is 0.465. The van der Waals surface area contributed by atoms with Gasteiger partial charge in [-0.3, -0.25) is 0 Å². The van der Waals surface area contributed by atoms with Gasteiger partial charge in [0.2, 0.25) is 5.88 Å². The zero-order chi connectivity index (χ0) is 13.4. The first-order chi connectivity index (χ1) is 9.15. The molecule has 2 aromatic heterocycles. The summed E-state index contributed by atoms with van der Waals surface area (Å²) in [7, 11) is 1.95. The lowest BCUT2D eigenvalue weighted by Gasteiger charge is -2.08. The monoisotopic (exact) mass is 317 g/mol. The molecule has 0 radical (unpaired) electrons. The number of ether oxygens (including phenoxy) is 1. The van der Waals surface area contributed by atoms with Crippen molar-refractivity contribution in [2.45, 2.75) is 6.92 Å². The summed E-state index contributed by atoms with van der Waals surface area (Å²) in [6.45, 7) is 2.03. The number of fused-ring (bicyclic) bond motifs is 1. The van der Waals surface area contributed by atoms with Crippen molar-refractivity contribution < 1.29 is 4.74 Å². The molecule has 0 saturated heterocycles. The summed E-state index contributed by atoms with van der Waals surface area (Å²) >= 11 is 3.50. The van der Waals surface area contributed by atoms with Gasteiger partial charge in [-0.2, -0.15) is 0 Å². The molecule has 0 fully saturated rings. The number of benzene rings is 1. The summed E-state index contributed by atoms with van der Waals surface area (Å²) in [4.78, 5) is 8.58. The molecule has 2 heterocycles. The Bertz CT molecular complexity index is 752. The highest BCUT2D eigenvalue weighted by atomic mass is 79.9. The van der Waals surface area contributed by atoms with Gasteiger partial charge in [0.25, 0.3) is 0 Å². The van der Waals surface area contributed by atoms with Crippen LogP contribution in [0.4, 0.5) is 0 Å². The third-order valence-electron chi connectivity index (χ3n) is 2.90. The Balaban J connectivity index is 2.06. The Morgan fingerprint density at radius 2 is 2.05 bits per heavy atom. The van der Waals surface area contributed by atoms with Gasteiger partial charge in [-0.25, -0.2) is 9.97 Å². The molecule has 0 saturated carbocycles. The fourth-order valence-corrected chi connectivity index (χ4v) is 2.48. The van der Waals surface area contributed by atoms with Crippen molar-refractivity contribution in [3.8, 4) is 11.6 Å². The minimum absolute atomic E-state index is 0.516. The quantitative estimate of drug-likeness (QED) is 0.721. The molecule has 3 rings (SSSR count). The van der Waals surface area contributed by atoms with Gasteiger partial charge >= 0.3 is 0 Å². The van der Waals surface area contributed by atoms with Crippen LogP contribution in [0.25, 0.3) is 11.0 Å². The number of hydrogen-bond acceptors (Lipinski definition) is 3. The van der Waals surface area contributed by atoms with Gasteiger partial charge in [0.05, 0.1) is 16.3 Å². The maximum absolute atomic E-state index is 5.86. The topological polar surface area (TPSA) is 39.9 Å². The number of aromatic nitrogens is 3. The molecule has 0 bridgehead atoms. The molecule has 1 aromatic carbocycles. The van der Waals surface area contributed by atoms with E-state index in [2.05, 4.69) is 25.9 Å². The van der Waals surface area contributed by atoms with E-state index in [1.807, 2.05) is 42.8 Å². The molecule has 5 heteroatoms. The highest BCUT2D eigenvalue weighted by molar-refractivity contribution is 9.10. The van der Waals surface area contributed by atoms with Crippen molar-refractivity contribution in [1.29, 1.82) is 0 Å². The molecule has 19 heavy (non-hydrogen) atoms. The standard InChI is InChI=1S/C14H12BrN3O/c1-9-3-4-12(10(15)7-9)19-14-13-11(5-6-16-14)18(2)8-17-13/h3-8H,1-2H3. The van der Waals surface area contributed by atoms with Gasteiger partial charge in [0.1, 0.15) is 5.75 Å². The summed E-state index contributed by atoms with van der Waals surface area (Å²) in [6, 6.07) is 7.84. The van der Waals surface area contributed by atoms with Crippen molar-refractivity contribution in [2.24, 2.45) is 7.05 Å². The van der Waals surface area contributed by atoms with Crippen LogP contribution in [-0.2, 0) is 7.05 Å². The normalized spacial score (nSPS) is 10.9. The molecular formula is C14H12BrN3O. The maximum atomic E-state index is 5.86. The van der Waals surface area contributed by atoms with E-state index in [1.165, 1.54) is 5.56 Å². The number of halogens is 1. The largest absolute Gasteiger partial charge is 0.436 e. The lowest BCUT2D eigenvalue weighted by Crippen LogP contribution is -1.91. The van der Waals surface area contributed by atoms with Crippen LogP contribution >= 0.6 is 15.9 Å². The summed E-state index contributed by atoms with van der Waals surface area (Å²) in [5.41, 5.74) is 2.92. The second kappa shape index (κ2) is 4.66. The zero-order valence-corrected chi connectivity index (χ0v) is 12.2. The first kappa shape index (κ1) is 12.2. The van der Waals surface area contributed by atoms with E-state index in [0.29, 0.717) is 5.88 Å². The van der Waals surface area contributed by atoms with Crippen molar-refractivity contribution in [1.82, 2.24) is 14.5 Å². The minimum Gasteiger partial charge on any atom is -0.436 e. The van der Waals surface area contributed by atoms with Crippen molar-refractivity contribution in [2.75, 3.05) is 0 Å². The van der Waals surface area contributed by atoms with Crippen LogP contribution in [0.3, 0.4) is 0 Å². The molecule has 0 spiro atoms. The fraction of sp³-hybridized carbons (Fsp3) is 0.143. The molecule has 0 aliphatic rings. The van der Waals surface area contributed by atoms with E-state index >= 15 is 0 Å². The highest BCUT2D eigenvalue weighted by Crippen LogP contribution is 2.32. The third kappa shape index (κ3) is 2.21. The van der Waals surface area contributed by atoms with Crippen LogP contribution < -0.4 is 4.74 Å². The van der Waals surface area contributed by atoms with Crippen LogP contribution in [0.5, 0.6) is 11.6 Å². The third-order valence-corrected chi connectivity index (χ3v) is 3.52. The van der Waals surface area contributed by atoms with E-state index in [4.69, 9.17) is 4.74 Å². The Morgan fingerprint density at radius 1 is 1.21 bits per heavy atom. The molecule has 4 nitrogen and oxygen atoms in total. The first-order valence-corrected chi connectivity index (χ1v) is 6.64. The molecule has 0 aliphatic heterocycles. The van der Waals surface area contributed by atoms with Crippen LogP contribution in [0.1, 0.15) is 5.56 Å². The van der Waals surface area contributed by atoms with Crippen LogP contribution in [0.15, 0.2) is 41.3 Å². The predicted molar refractivity (Wildman–Crippen MR) is 77.5 cm³/mol. The molecule has 3 aromatic rings. The SMILES string of the molecule is Cc1ccc(Oc2nccc3c2ncn3C)c(Br)c1. The number of rotatable bonds is 2. The number of hydrogen-bond donors (Lipinski definition) is 0. The molecule has 0 atom stereocenters.